The zero-order valence-corrected chi connectivity index (χ0v) is 8.30. The number of halogens is 1. The van der Waals surface area contributed by atoms with Gasteiger partial charge in [0.25, 0.3) is 0 Å². The monoisotopic (exact) mass is 223 g/mol. The molecule has 0 radical (unpaired) electrons. The molecule has 5 nitrogen and oxygen atoms in total. The standard InChI is InChI=1S/C10H10FN3O2/c11-8-3-1-2-7(4-8)5-14-6-12-9(13-14)10(15)16/h1-4,6,9,13H,5H2,(H,15,16). The van der Waals surface area contributed by atoms with Gasteiger partial charge in [-0.1, -0.05) is 12.1 Å². The highest BCUT2D eigenvalue weighted by atomic mass is 19.1. The number of hydrazine groups is 1. The van der Waals surface area contributed by atoms with Crippen molar-refractivity contribution in [3.05, 3.63) is 35.6 Å². The molecule has 1 aromatic rings. The van der Waals surface area contributed by atoms with Gasteiger partial charge in [-0.2, -0.15) is 5.43 Å². The molecule has 0 aliphatic carbocycles. The number of hydrogen-bond donors (Lipinski definition) is 2. The minimum absolute atomic E-state index is 0.316. The number of hydrogen-bond acceptors (Lipinski definition) is 4. The molecule has 16 heavy (non-hydrogen) atoms. The molecule has 0 saturated heterocycles. The molecule has 2 N–H and O–H groups in total. The molecule has 0 saturated carbocycles. The van der Waals surface area contributed by atoms with Crippen LogP contribution in [0.4, 0.5) is 4.39 Å². The molecule has 0 amide bonds. The summed E-state index contributed by atoms with van der Waals surface area (Å²) in [4.78, 5) is 14.3. The Hall–Kier alpha value is -1.95. The van der Waals surface area contributed by atoms with Crippen molar-refractivity contribution in [2.45, 2.75) is 12.7 Å². The van der Waals surface area contributed by atoms with Crippen LogP contribution in [-0.2, 0) is 11.3 Å². The second kappa shape index (κ2) is 4.28. The minimum atomic E-state index is -1.04. The highest BCUT2D eigenvalue weighted by Gasteiger charge is 2.22. The van der Waals surface area contributed by atoms with Crippen LogP contribution in [0.15, 0.2) is 29.3 Å². The number of aliphatic carboxylic acids is 1. The highest BCUT2D eigenvalue weighted by molar-refractivity contribution is 5.77. The Bertz CT molecular complexity index is 436. The lowest BCUT2D eigenvalue weighted by Crippen LogP contribution is -2.40. The first-order chi connectivity index (χ1) is 7.65. The Morgan fingerprint density at radius 2 is 2.44 bits per heavy atom. The average Bonchev–Trinajstić information content (AvgIpc) is 2.66. The molecular weight excluding hydrogens is 213 g/mol. The van der Waals surface area contributed by atoms with Crippen molar-refractivity contribution in [2.75, 3.05) is 0 Å². The number of benzene rings is 1. The van der Waals surface area contributed by atoms with E-state index in [4.69, 9.17) is 5.11 Å². The summed E-state index contributed by atoms with van der Waals surface area (Å²) in [5.41, 5.74) is 3.39. The van der Waals surface area contributed by atoms with Gasteiger partial charge < -0.3 is 5.11 Å². The van der Waals surface area contributed by atoms with E-state index in [0.29, 0.717) is 6.54 Å². The van der Waals surface area contributed by atoms with Gasteiger partial charge in [-0.15, -0.1) is 0 Å². The maximum Gasteiger partial charge on any atom is 0.345 e. The Morgan fingerprint density at radius 3 is 3.06 bits per heavy atom. The lowest BCUT2D eigenvalue weighted by Gasteiger charge is -2.15. The largest absolute Gasteiger partial charge is 0.479 e. The van der Waals surface area contributed by atoms with E-state index >= 15 is 0 Å². The number of rotatable bonds is 3. The molecule has 6 heteroatoms. The predicted molar refractivity (Wildman–Crippen MR) is 55.0 cm³/mol. The summed E-state index contributed by atoms with van der Waals surface area (Å²) < 4.78 is 12.9. The van der Waals surface area contributed by atoms with E-state index in [-0.39, 0.29) is 5.82 Å². The van der Waals surface area contributed by atoms with E-state index in [0.717, 1.165) is 5.56 Å². The number of carboxylic acid groups (broad SMARTS) is 1. The maximum atomic E-state index is 12.9. The van der Waals surface area contributed by atoms with Crippen molar-refractivity contribution in [3.8, 4) is 0 Å². The van der Waals surface area contributed by atoms with Crippen LogP contribution in [0.1, 0.15) is 5.56 Å². The van der Waals surface area contributed by atoms with Gasteiger partial charge in [0.15, 0.2) is 0 Å². The van der Waals surface area contributed by atoms with Gasteiger partial charge in [0, 0.05) is 0 Å². The summed E-state index contributed by atoms with van der Waals surface area (Å²) >= 11 is 0. The molecular formula is C10H10FN3O2. The Morgan fingerprint density at radius 1 is 1.62 bits per heavy atom. The highest BCUT2D eigenvalue weighted by Crippen LogP contribution is 2.07. The van der Waals surface area contributed by atoms with Crippen molar-refractivity contribution >= 4 is 12.3 Å². The molecule has 0 fully saturated rings. The summed E-state index contributed by atoms with van der Waals surface area (Å²) in [6.45, 7) is 0.366. The van der Waals surface area contributed by atoms with Crippen LogP contribution in [0.2, 0.25) is 0 Å². The smallest absolute Gasteiger partial charge is 0.345 e. The molecule has 1 heterocycles. The summed E-state index contributed by atoms with van der Waals surface area (Å²) in [5, 5.41) is 10.2. The first-order valence-electron chi connectivity index (χ1n) is 4.68. The molecule has 1 atom stereocenters. The van der Waals surface area contributed by atoms with Crippen LogP contribution in [0.5, 0.6) is 0 Å². The summed E-state index contributed by atoms with van der Waals surface area (Å²) in [7, 11) is 0. The van der Waals surface area contributed by atoms with E-state index in [1.165, 1.54) is 23.5 Å². The molecule has 1 aliphatic heterocycles. The van der Waals surface area contributed by atoms with Gasteiger partial charge >= 0.3 is 5.97 Å². The van der Waals surface area contributed by atoms with Gasteiger partial charge in [0.1, 0.15) is 12.2 Å². The van der Waals surface area contributed by atoms with E-state index < -0.39 is 12.1 Å². The lowest BCUT2D eigenvalue weighted by atomic mass is 10.2. The van der Waals surface area contributed by atoms with E-state index in [1.54, 1.807) is 12.1 Å². The topological polar surface area (TPSA) is 64.9 Å². The van der Waals surface area contributed by atoms with E-state index in [1.807, 2.05) is 0 Å². The number of nitrogens with one attached hydrogen (secondary N) is 1. The zero-order valence-electron chi connectivity index (χ0n) is 8.30. The van der Waals surface area contributed by atoms with Gasteiger partial charge in [-0.25, -0.2) is 14.2 Å². The number of aliphatic imine (C=N–C) groups is 1. The minimum Gasteiger partial charge on any atom is -0.479 e. The van der Waals surface area contributed by atoms with E-state index in [2.05, 4.69) is 10.4 Å². The molecule has 0 spiro atoms. The third-order valence-corrected chi connectivity index (χ3v) is 2.12. The summed E-state index contributed by atoms with van der Waals surface area (Å²) in [5.74, 6) is -1.36. The molecule has 1 aromatic carbocycles. The fourth-order valence-electron chi connectivity index (χ4n) is 1.41. The molecule has 1 unspecified atom stereocenters. The van der Waals surface area contributed by atoms with Crippen molar-refractivity contribution in [1.29, 1.82) is 0 Å². The summed E-state index contributed by atoms with van der Waals surface area (Å²) in [6, 6.07) is 6.11. The van der Waals surface area contributed by atoms with Crippen LogP contribution < -0.4 is 5.43 Å². The first-order valence-corrected chi connectivity index (χ1v) is 4.68. The first kappa shape index (κ1) is 10.6. The predicted octanol–water partition coefficient (Wildman–Crippen LogP) is 0.585. The Balaban J connectivity index is 1.98. The third kappa shape index (κ3) is 2.34. The molecule has 0 aromatic heterocycles. The van der Waals surface area contributed by atoms with Crippen LogP contribution in [0.25, 0.3) is 0 Å². The van der Waals surface area contributed by atoms with Crippen molar-refractivity contribution in [1.82, 2.24) is 10.4 Å². The summed E-state index contributed by atoms with van der Waals surface area (Å²) in [6.07, 6.45) is 0.442. The fraction of sp³-hybridized carbons (Fsp3) is 0.200. The second-order valence-corrected chi connectivity index (χ2v) is 3.39. The van der Waals surface area contributed by atoms with Gasteiger partial charge in [-0.05, 0) is 17.7 Å². The molecule has 1 aliphatic rings. The number of carboxylic acids is 1. The Kier molecular flexibility index (Phi) is 2.82. The normalized spacial score (nSPS) is 19.1. The van der Waals surface area contributed by atoms with Crippen LogP contribution in [0.3, 0.4) is 0 Å². The van der Waals surface area contributed by atoms with Crippen LogP contribution in [0, 0.1) is 5.82 Å². The van der Waals surface area contributed by atoms with Crippen LogP contribution in [-0.4, -0.2) is 28.6 Å². The molecule has 84 valence electrons. The van der Waals surface area contributed by atoms with Crippen LogP contribution >= 0.6 is 0 Å². The van der Waals surface area contributed by atoms with E-state index in [9.17, 15) is 9.18 Å². The number of nitrogens with zero attached hydrogens (tertiary/aromatic N) is 2. The van der Waals surface area contributed by atoms with Crippen molar-refractivity contribution in [2.24, 2.45) is 4.99 Å². The zero-order chi connectivity index (χ0) is 11.5. The second-order valence-electron chi connectivity index (χ2n) is 3.39. The van der Waals surface area contributed by atoms with Gasteiger partial charge in [-0.3, -0.25) is 5.01 Å². The number of carbonyl (C=O) groups is 1. The lowest BCUT2D eigenvalue weighted by molar-refractivity contribution is -0.139. The maximum absolute atomic E-state index is 12.9. The Labute approximate surface area is 91.2 Å². The van der Waals surface area contributed by atoms with Crippen molar-refractivity contribution in [3.63, 3.8) is 0 Å². The van der Waals surface area contributed by atoms with Gasteiger partial charge in [0.05, 0.1) is 6.54 Å². The van der Waals surface area contributed by atoms with Gasteiger partial charge in [0.2, 0.25) is 6.17 Å². The molecule has 2 rings (SSSR count). The molecule has 0 bridgehead atoms. The fourth-order valence-corrected chi connectivity index (χ4v) is 1.41. The SMILES string of the molecule is O=C(O)C1N=CN(Cc2cccc(F)c2)N1. The van der Waals surface area contributed by atoms with Crippen molar-refractivity contribution < 1.29 is 14.3 Å². The third-order valence-electron chi connectivity index (χ3n) is 2.12. The quantitative estimate of drug-likeness (QED) is 0.787. The average molecular weight is 223 g/mol.